The first-order chi connectivity index (χ1) is 9.26. The van der Waals surface area contributed by atoms with E-state index in [9.17, 15) is 0 Å². The molecule has 0 bridgehead atoms. The molecule has 0 fully saturated rings. The highest BCUT2D eigenvalue weighted by Gasteiger charge is 2.16. The van der Waals surface area contributed by atoms with Gasteiger partial charge in [0.15, 0.2) is 0 Å². The first kappa shape index (κ1) is 13.8. The average Bonchev–Trinajstić information content (AvgIpc) is 2.49. The minimum absolute atomic E-state index is 0.0696. The van der Waals surface area contributed by atoms with Crippen LogP contribution in [-0.2, 0) is 4.74 Å². The van der Waals surface area contributed by atoms with Crippen LogP contribution in [0.4, 0.5) is 0 Å². The lowest BCUT2D eigenvalue weighted by atomic mass is 9.97. The summed E-state index contributed by atoms with van der Waals surface area (Å²) in [5, 5.41) is 0. The molecule has 2 atom stereocenters. The third-order valence-corrected chi connectivity index (χ3v) is 3.51. The van der Waals surface area contributed by atoms with Crippen LogP contribution in [0.3, 0.4) is 0 Å². The number of hydrogen-bond donors (Lipinski definition) is 1. The highest BCUT2D eigenvalue weighted by atomic mass is 16.5. The summed E-state index contributed by atoms with van der Waals surface area (Å²) in [6.07, 6.45) is 0.987. The molecule has 0 saturated heterocycles. The summed E-state index contributed by atoms with van der Waals surface area (Å²) >= 11 is 0. The van der Waals surface area contributed by atoms with Crippen molar-refractivity contribution in [2.45, 2.75) is 25.5 Å². The van der Waals surface area contributed by atoms with E-state index in [0.29, 0.717) is 0 Å². The van der Waals surface area contributed by atoms with Crippen LogP contribution in [-0.4, -0.2) is 13.2 Å². The SMILES string of the molecule is CCC(OC)C(N)c1ccc(-c2ccccc2)cc1. The molecule has 2 aromatic carbocycles. The van der Waals surface area contributed by atoms with Gasteiger partial charge in [-0.1, -0.05) is 61.5 Å². The first-order valence-electron chi connectivity index (χ1n) is 6.70. The fourth-order valence-electron chi connectivity index (χ4n) is 2.31. The third-order valence-electron chi connectivity index (χ3n) is 3.51. The molecular weight excluding hydrogens is 234 g/mol. The highest BCUT2D eigenvalue weighted by molar-refractivity contribution is 5.63. The minimum Gasteiger partial charge on any atom is -0.379 e. The van der Waals surface area contributed by atoms with E-state index in [-0.39, 0.29) is 12.1 Å². The Morgan fingerprint density at radius 2 is 1.53 bits per heavy atom. The van der Waals surface area contributed by atoms with Crippen LogP contribution in [0.2, 0.25) is 0 Å². The summed E-state index contributed by atoms with van der Waals surface area (Å²) < 4.78 is 5.41. The zero-order chi connectivity index (χ0) is 13.7. The van der Waals surface area contributed by atoms with Crippen molar-refractivity contribution in [3.63, 3.8) is 0 Å². The minimum atomic E-state index is -0.0696. The van der Waals surface area contributed by atoms with Crippen LogP contribution in [0.1, 0.15) is 24.9 Å². The Morgan fingerprint density at radius 3 is 2.05 bits per heavy atom. The van der Waals surface area contributed by atoms with Gasteiger partial charge in [-0.3, -0.25) is 0 Å². The van der Waals surface area contributed by atoms with E-state index in [1.807, 2.05) is 18.2 Å². The number of benzene rings is 2. The van der Waals surface area contributed by atoms with Crippen molar-refractivity contribution in [2.24, 2.45) is 5.73 Å². The van der Waals surface area contributed by atoms with Crippen molar-refractivity contribution in [1.82, 2.24) is 0 Å². The molecule has 0 aliphatic heterocycles. The maximum Gasteiger partial charge on any atom is 0.0761 e. The van der Waals surface area contributed by atoms with Gasteiger partial charge >= 0.3 is 0 Å². The van der Waals surface area contributed by atoms with Crippen LogP contribution in [0.15, 0.2) is 54.6 Å². The van der Waals surface area contributed by atoms with Gasteiger partial charge in [-0.05, 0) is 23.1 Å². The lowest BCUT2D eigenvalue weighted by molar-refractivity contribution is 0.0772. The second-order valence-corrected chi connectivity index (χ2v) is 4.70. The Hall–Kier alpha value is -1.64. The topological polar surface area (TPSA) is 35.2 Å². The molecule has 2 unspecified atom stereocenters. The molecule has 0 aliphatic rings. The maximum atomic E-state index is 6.22. The Morgan fingerprint density at radius 1 is 0.947 bits per heavy atom. The summed E-state index contributed by atoms with van der Waals surface area (Å²) in [6.45, 7) is 2.09. The van der Waals surface area contributed by atoms with Crippen molar-refractivity contribution < 1.29 is 4.74 Å². The van der Waals surface area contributed by atoms with E-state index in [1.165, 1.54) is 11.1 Å². The van der Waals surface area contributed by atoms with E-state index in [0.717, 1.165) is 12.0 Å². The van der Waals surface area contributed by atoms with Crippen molar-refractivity contribution in [1.29, 1.82) is 0 Å². The molecule has 0 heterocycles. The Bertz CT molecular complexity index is 488. The van der Waals surface area contributed by atoms with Crippen molar-refractivity contribution in [3.8, 4) is 11.1 Å². The molecule has 0 aliphatic carbocycles. The molecule has 2 heteroatoms. The van der Waals surface area contributed by atoms with Gasteiger partial charge in [0.05, 0.1) is 12.1 Å². The predicted octanol–water partition coefficient (Wildman–Crippen LogP) is 3.78. The molecule has 2 aromatic rings. The van der Waals surface area contributed by atoms with Crippen LogP contribution >= 0.6 is 0 Å². The van der Waals surface area contributed by atoms with Crippen molar-refractivity contribution >= 4 is 0 Å². The summed E-state index contributed by atoms with van der Waals surface area (Å²) in [6, 6.07) is 18.7. The Labute approximate surface area is 115 Å². The van der Waals surface area contributed by atoms with E-state index in [4.69, 9.17) is 10.5 Å². The smallest absolute Gasteiger partial charge is 0.0761 e. The van der Waals surface area contributed by atoms with E-state index in [1.54, 1.807) is 7.11 Å². The lowest BCUT2D eigenvalue weighted by Crippen LogP contribution is -2.27. The third kappa shape index (κ3) is 3.22. The molecule has 2 rings (SSSR count). The number of hydrogen-bond acceptors (Lipinski definition) is 2. The summed E-state index contributed by atoms with van der Waals surface area (Å²) in [5.74, 6) is 0. The second-order valence-electron chi connectivity index (χ2n) is 4.70. The normalized spacial score (nSPS) is 14.1. The van der Waals surface area contributed by atoms with Gasteiger partial charge in [-0.15, -0.1) is 0 Å². The van der Waals surface area contributed by atoms with Gasteiger partial charge in [0.1, 0.15) is 0 Å². The van der Waals surface area contributed by atoms with E-state index in [2.05, 4.69) is 43.3 Å². The standard InChI is InChI=1S/C17H21NO/c1-3-16(19-2)17(18)15-11-9-14(10-12-15)13-7-5-4-6-8-13/h4-12,16-17H,3,18H2,1-2H3. The number of nitrogens with two attached hydrogens (primary N) is 1. The van der Waals surface area contributed by atoms with Crippen LogP contribution < -0.4 is 5.73 Å². The van der Waals surface area contributed by atoms with Crippen LogP contribution in [0.25, 0.3) is 11.1 Å². The maximum absolute atomic E-state index is 6.22. The lowest BCUT2D eigenvalue weighted by Gasteiger charge is -2.21. The molecule has 100 valence electrons. The van der Waals surface area contributed by atoms with Crippen molar-refractivity contribution in [3.05, 3.63) is 60.2 Å². The molecular formula is C17H21NO. The molecule has 0 amide bonds. The number of ether oxygens (including phenoxy) is 1. The fourth-order valence-corrected chi connectivity index (χ4v) is 2.31. The second kappa shape index (κ2) is 6.50. The molecule has 2 N–H and O–H groups in total. The number of methoxy groups -OCH3 is 1. The van der Waals surface area contributed by atoms with Gasteiger partial charge in [0.25, 0.3) is 0 Å². The van der Waals surface area contributed by atoms with Gasteiger partial charge in [-0.2, -0.15) is 0 Å². The van der Waals surface area contributed by atoms with Crippen LogP contribution in [0, 0.1) is 0 Å². The summed E-state index contributed by atoms with van der Waals surface area (Å²) in [4.78, 5) is 0. The van der Waals surface area contributed by atoms with Gasteiger partial charge < -0.3 is 10.5 Å². The molecule has 0 radical (unpaired) electrons. The van der Waals surface area contributed by atoms with Gasteiger partial charge in [0, 0.05) is 7.11 Å². The zero-order valence-corrected chi connectivity index (χ0v) is 11.5. The molecule has 2 nitrogen and oxygen atoms in total. The fraction of sp³-hybridized carbons (Fsp3) is 0.294. The first-order valence-corrected chi connectivity index (χ1v) is 6.70. The van der Waals surface area contributed by atoms with Crippen LogP contribution in [0.5, 0.6) is 0 Å². The average molecular weight is 255 g/mol. The largest absolute Gasteiger partial charge is 0.379 e. The quantitative estimate of drug-likeness (QED) is 0.882. The van der Waals surface area contributed by atoms with Crippen molar-refractivity contribution in [2.75, 3.05) is 7.11 Å². The predicted molar refractivity (Wildman–Crippen MR) is 79.9 cm³/mol. The van der Waals surface area contributed by atoms with E-state index >= 15 is 0 Å². The van der Waals surface area contributed by atoms with Gasteiger partial charge in [0.2, 0.25) is 0 Å². The summed E-state index contributed by atoms with van der Waals surface area (Å²) in [5.41, 5.74) is 9.78. The number of rotatable bonds is 5. The molecule has 19 heavy (non-hydrogen) atoms. The molecule has 0 saturated carbocycles. The molecule has 0 spiro atoms. The zero-order valence-electron chi connectivity index (χ0n) is 11.5. The monoisotopic (exact) mass is 255 g/mol. The Kier molecular flexibility index (Phi) is 4.72. The highest BCUT2D eigenvalue weighted by Crippen LogP contribution is 2.23. The Balaban J connectivity index is 2.19. The molecule has 0 aromatic heterocycles. The summed E-state index contributed by atoms with van der Waals surface area (Å²) in [7, 11) is 1.71. The van der Waals surface area contributed by atoms with E-state index < -0.39 is 0 Å². The van der Waals surface area contributed by atoms with Gasteiger partial charge in [-0.25, -0.2) is 0 Å².